The Balaban J connectivity index is 2.02. The third-order valence-corrected chi connectivity index (χ3v) is 3.01. The van der Waals surface area contributed by atoms with E-state index in [2.05, 4.69) is 4.90 Å². The average Bonchev–Trinajstić information content (AvgIpc) is 2.83. The lowest BCUT2D eigenvalue weighted by Gasteiger charge is -2.17. The van der Waals surface area contributed by atoms with Gasteiger partial charge in [-0.25, -0.2) is 4.79 Å². The van der Waals surface area contributed by atoms with Gasteiger partial charge >= 0.3 is 5.97 Å². The summed E-state index contributed by atoms with van der Waals surface area (Å²) in [5.41, 5.74) is 1.90. The van der Waals surface area contributed by atoms with Crippen molar-refractivity contribution in [2.75, 3.05) is 18.0 Å². The van der Waals surface area contributed by atoms with Gasteiger partial charge in [0.15, 0.2) is 0 Å². The Hall–Kier alpha value is -1.84. The predicted octanol–water partition coefficient (Wildman–Crippen LogP) is 1.48. The largest absolute Gasteiger partial charge is 0.475 e. The molecule has 90 valence electrons. The maximum Gasteiger partial charge on any atom is 0.372 e. The number of carboxylic acid groups (broad SMARTS) is 1. The SMILES string of the molecule is O=C(O)C(=O)Cc1ccc(N2CCCC2)cc1. The van der Waals surface area contributed by atoms with Crippen LogP contribution in [0.3, 0.4) is 0 Å². The number of benzene rings is 1. The maximum atomic E-state index is 11.0. The molecule has 0 atom stereocenters. The van der Waals surface area contributed by atoms with Crippen LogP contribution >= 0.6 is 0 Å². The second-order valence-electron chi connectivity index (χ2n) is 4.27. The maximum absolute atomic E-state index is 11.0. The van der Waals surface area contributed by atoms with Crippen LogP contribution in [0.15, 0.2) is 24.3 Å². The fourth-order valence-electron chi connectivity index (χ4n) is 2.06. The van der Waals surface area contributed by atoms with Gasteiger partial charge in [0.25, 0.3) is 0 Å². The van der Waals surface area contributed by atoms with Crippen LogP contribution in [-0.4, -0.2) is 29.9 Å². The molecule has 1 N–H and O–H groups in total. The van der Waals surface area contributed by atoms with E-state index in [1.807, 2.05) is 24.3 Å². The van der Waals surface area contributed by atoms with E-state index in [4.69, 9.17) is 5.11 Å². The van der Waals surface area contributed by atoms with Crippen molar-refractivity contribution in [2.45, 2.75) is 19.3 Å². The number of carboxylic acids is 1. The van der Waals surface area contributed by atoms with Gasteiger partial charge in [0.05, 0.1) is 0 Å². The van der Waals surface area contributed by atoms with Crippen molar-refractivity contribution in [3.05, 3.63) is 29.8 Å². The van der Waals surface area contributed by atoms with E-state index >= 15 is 0 Å². The lowest BCUT2D eigenvalue weighted by molar-refractivity contribution is -0.148. The molecule has 0 aromatic heterocycles. The summed E-state index contributed by atoms with van der Waals surface area (Å²) in [5, 5.41) is 8.51. The second kappa shape index (κ2) is 4.99. The highest BCUT2D eigenvalue weighted by Gasteiger charge is 2.14. The molecule has 0 bridgehead atoms. The molecule has 1 saturated heterocycles. The van der Waals surface area contributed by atoms with E-state index in [9.17, 15) is 9.59 Å². The number of nitrogens with zero attached hydrogens (tertiary/aromatic N) is 1. The molecule has 1 aliphatic rings. The van der Waals surface area contributed by atoms with Crippen LogP contribution in [0.1, 0.15) is 18.4 Å². The zero-order chi connectivity index (χ0) is 12.3. The van der Waals surface area contributed by atoms with Gasteiger partial charge in [0.1, 0.15) is 0 Å². The number of rotatable bonds is 4. The standard InChI is InChI=1S/C13H15NO3/c15-12(13(16)17)9-10-3-5-11(6-4-10)14-7-1-2-8-14/h3-6H,1-2,7-9H2,(H,16,17). The Kier molecular flexibility index (Phi) is 3.42. The summed E-state index contributed by atoms with van der Waals surface area (Å²) >= 11 is 0. The zero-order valence-electron chi connectivity index (χ0n) is 9.56. The summed E-state index contributed by atoms with van der Waals surface area (Å²) in [6.45, 7) is 2.15. The third kappa shape index (κ3) is 2.84. The van der Waals surface area contributed by atoms with Crippen LogP contribution in [0.4, 0.5) is 5.69 Å². The number of hydrogen-bond donors (Lipinski definition) is 1. The van der Waals surface area contributed by atoms with Crippen molar-refractivity contribution in [2.24, 2.45) is 0 Å². The number of aliphatic carboxylic acids is 1. The molecule has 0 aliphatic carbocycles. The van der Waals surface area contributed by atoms with E-state index in [1.165, 1.54) is 12.8 Å². The number of carbonyl (C=O) groups excluding carboxylic acids is 1. The molecule has 2 rings (SSSR count). The van der Waals surface area contributed by atoms with Crippen molar-refractivity contribution in [1.29, 1.82) is 0 Å². The van der Waals surface area contributed by atoms with Gasteiger partial charge in [-0.15, -0.1) is 0 Å². The first-order chi connectivity index (χ1) is 8.16. The van der Waals surface area contributed by atoms with Crippen LogP contribution in [0.5, 0.6) is 0 Å². The van der Waals surface area contributed by atoms with Crippen LogP contribution < -0.4 is 4.90 Å². The van der Waals surface area contributed by atoms with Crippen molar-refractivity contribution >= 4 is 17.4 Å². The minimum atomic E-state index is -1.37. The predicted molar refractivity (Wildman–Crippen MR) is 64.2 cm³/mol. The Morgan fingerprint density at radius 3 is 2.24 bits per heavy atom. The van der Waals surface area contributed by atoms with E-state index in [1.54, 1.807) is 0 Å². The average molecular weight is 233 g/mol. The highest BCUT2D eigenvalue weighted by molar-refractivity contribution is 6.33. The lowest BCUT2D eigenvalue weighted by Crippen LogP contribution is -2.18. The molecule has 1 heterocycles. The van der Waals surface area contributed by atoms with E-state index in [0.29, 0.717) is 0 Å². The molecule has 17 heavy (non-hydrogen) atoms. The molecule has 1 aliphatic heterocycles. The highest BCUT2D eigenvalue weighted by atomic mass is 16.4. The Morgan fingerprint density at radius 1 is 1.12 bits per heavy atom. The van der Waals surface area contributed by atoms with Crippen molar-refractivity contribution in [1.82, 2.24) is 0 Å². The van der Waals surface area contributed by atoms with Crippen molar-refractivity contribution in [3.8, 4) is 0 Å². The first-order valence-electron chi connectivity index (χ1n) is 5.77. The molecular formula is C13H15NO3. The molecule has 4 nitrogen and oxygen atoms in total. The van der Waals surface area contributed by atoms with E-state index < -0.39 is 11.8 Å². The van der Waals surface area contributed by atoms with Gasteiger partial charge in [-0.05, 0) is 30.5 Å². The van der Waals surface area contributed by atoms with Crippen LogP contribution in [0, 0.1) is 0 Å². The van der Waals surface area contributed by atoms with Gasteiger partial charge < -0.3 is 10.0 Å². The first-order valence-corrected chi connectivity index (χ1v) is 5.77. The smallest absolute Gasteiger partial charge is 0.372 e. The van der Waals surface area contributed by atoms with Crippen molar-refractivity contribution < 1.29 is 14.7 Å². The highest BCUT2D eigenvalue weighted by Crippen LogP contribution is 2.20. The van der Waals surface area contributed by atoms with Crippen LogP contribution in [0.25, 0.3) is 0 Å². The first kappa shape index (κ1) is 11.6. The summed E-state index contributed by atoms with van der Waals surface area (Å²) < 4.78 is 0. The molecule has 1 aromatic rings. The summed E-state index contributed by atoms with van der Waals surface area (Å²) in [4.78, 5) is 23.8. The third-order valence-electron chi connectivity index (χ3n) is 3.01. The molecule has 0 spiro atoms. The Morgan fingerprint density at radius 2 is 1.71 bits per heavy atom. The minimum absolute atomic E-state index is 0.0321. The molecular weight excluding hydrogens is 218 g/mol. The lowest BCUT2D eigenvalue weighted by atomic mass is 10.1. The van der Waals surface area contributed by atoms with Gasteiger partial charge in [-0.2, -0.15) is 0 Å². The molecule has 1 fully saturated rings. The number of anilines is 1. The van der Waals surface area contributed by atoms with Gasteiger partial charge in [0.2, 0.25) is 5.78 Å². The Labute approximate surface area is 99.9 Å². The van der Waals surface area contributed by atoms with Gasteiger partial charge in [0, 0.05) is 25.2 Å². The number of ketones is 1. The summed E-state index contributed by atoms with van der Waals surface area (Å²) in [6, 6.07) is 7.56. The monoisotopic (exact) mass is 233 g/mol. The number of Topliss-reactive ketones (excluding diaryl/α,β-unsaturated/α-hetero) is 1. The van der Waals surface area contributed by atoms with E-state index in [0.717, 1.165) is 24.3 Å². The fraction of sp³-hybridized carbons (Fsp3) is 0.385. The molecule has 4 heteroatoms. The zero-order valence-corrected chi connectivity index (χ0v) is 9.56. The Bertz CT molecular complexity index is 419. The number of carbonyl (C=O) groups is 2. The molecule has 0 amide bonds. The topological polar surface area (TPSA) is 57.6 Å². The normalized spacial score (nSPS) is 14.9. The quantitative estimate of drug-likeness (QED) is 0.800. The van der Waals surface area contributed by atoms with E-state index in [-0.39, 0.29) is 6.42 Å². The minimum Gasteiger partial charge on any atom is -0.475 e. The molecule has 1 aromatic carbocycles. The van der Waals surface area contributed by atoms with Crippen molar-refractivity contribution in [3.63, 3.8) is 0 Å². The second-order valence-corrected chi connectivity index (χ2v) is 4.27. The molecule has 0 unspecified atom stereocenters. The summed E-state index contributed by atoms with van der Waals surface area (Å²) in [5.74, 6) is -2.13. The van der Waals surface area contributed by atoms with Crippen LogP contribution in [0.2, 0.25) is 0 Å². The summed E-state index contributed by atoms with van der Waals surface area (Å²) in [6.07, 6.45) is 2.41. The molecule has 0 saturated carbocycles. The molecule has 0 radical (unpaired) electrons. The van der Waals surface area contributed by atoms with Gasteiger partial charge in [-0.3, -0.25) is 4.79 Å². The summed E-state index contributed by atoms with van der Waals surface area (Å²) in [7, 11) is 0. The van der Waals surface area contributed by atoms with Crippen LogP contribution in [-0.2, 0) is 16.0 Å². The van der Waals surface area contributed by atoms with Gasteiger partial charge in [-0.1, -0.05) is 12.1 Å². The fourth-order valence-corrected chi connectivity index (χ4v) is 2.06. The number of hydrogen-bond acceptors (Lipinski definition) is 3.